The third-order valence-electron chi connectivity index (χ3n) is 4.99. The van der Waals surface area contributed by atoms with E-state index in [0.29, 0.717) is 62.1 Å². The Kier molecular flexibility index (Phi) is 6.21. The van der Waals surface area contributed by atoms with E-state index in [1.165, 1.54) is 4.31 Å². The molecule has 1 atom stereocenters. The number of carbonyl (C=O) groups is 1. The molecule has 30 heavy (non-hydrogen) atoms. The summed E-state index contributed by atoms with van der Waals surface area (Å²) in [5, 5.41) is 2.83. The molecule has 160 valence electrons. The molecule has 8 nitrogen and oxygen atoms in total. The smallest absolute Gasteiger partial charge is 0.251 e. The number of hydrogen-bond acceptors (Lipinski definition) is 6. The van der Waals surface area contributed by atoms with Gasteiger partial charge in [-0.05, 0) is 29.8 Å². The van der Waals surface area contributed by atoms with Crippen LogP contribution in [0.25, 0.3) is 0 Å². The first-order valence-corrected chi connectivity index (χ1v) is 11.4. The second kappa shape index (κ2) is 9.03. The average Bonchev–Trinajstić information content (AvgIpc) is 2.78. The number of sulfonamides is 1. The zero-order valence-corrected chi connectivity index (χ0v) is 17.3. The van der Waals surface area contributed by atoms with Gasteiger partial charge in [-0.25, -0.2) is 8.42 Å². The van der Waals surface area contributed by atoms with Crippen molar-refractivity contribution in [1.82, 2.24) is 9.62 Å². The van der Waals surface area contributed by atoms with Crippen molar-refractivity contribution < 1.29 is 27.4 Å². The van der Waals surface area contributed by atoms with Crippen molar-refractivity contribution >= 4 is 15.9 Å². The highest BCUT2D eigenvalue weighted by atomic mass is 32.2. The van der Waals surface area contributed by atoms with Crippen LogP contribution in [0.15, 0.2) is 48.5 Å². The normalized spacial score (nSPS) is 19.3. The Labute approximate surface area is 175 Å². The molecule has 4 rings (SSSR count). The minimum atomic E-state index is -3.40. The van der Waals surface area contributed by atoms with Crippen LogP contribution >= 0.6 is 0 Å². The minimum absolute atomic E-state index is 0.0957. The molecular weight excluding hydrogens is 408 g/mol. The first kappa shape index (κ1) is 20.6. The number of ether oxygens (including phenoxy) is 3. The summed E-state index contributed by atoms with van der Waals surface area (Å²) in [7, 11) is -3.40. The Morgan fingerprint density at radius 1 is 1.03 bits per heavy atom. The molecule has 2 heterocycles. The SMILES string of the molecule is O=C(NC[C@@H]1COc2ccccc2O1)c1ccc(CS(=O)(=O)N2CCOCC2)cc1. The maximum absolute atomic E-state index is 12.5. The van der Waals surface area contributed by atoms with Crippen molar-refractivity contribution in [2.75, 3.05) is 39.5 Å². The molecular formula is C21H24N2O6S. The van der Waals surface area contributed by atoms with Crippen LogP contribution < -0.4 is 14.8 Å². The predicted molar refractivity (Wildman–Crippen MR) is 110 cm³/mol. The molecule has 2 aliphatic heterocycles. The van der Waals surface area contributed by atoms with E-state index in [4.69, 9.17) is 14.2 Å². The number of carbonyl (C=O) groups excluding carboxylic acids is 1. The zero-order chi connectivity index (χ0) is 21.0. The van der Waals surface area contributed by atoms with Gasteiger partial charge in [0.1, 0.15) is 12.7 Å². The molecule has 0 radical (unpaired) electrons. The third-order valence-corrected chi connectivity index (χ3v) is 6.84. The van der Waals surface area contributed by atoms with Gasteiger partial charge >= 0.3 is 0 Å². The Hall–Kier alpha value is -2.62. The maximum Gasteiger partial charge on any atom is 0.251 e. The molecule has 0 unspecified atom stereocenters. The van der Waals surface area contributed by atoms with Crippen molar-refractivity contribution in [3.63, 3.8) is 0 Å². The molecule has 0 spiro atoms. The molecule has 1 saturated heterocycles. The van der Waals surface area contributed by atoms with Crippen LogP contribution in [0, 0.1) is 0 Å². The summed E-state index contributed by atoms with van der Waals surface area (Å²) in [6, 6.07) is 14.0. The first-order chi connectivity index (χ1) is 14.5. The number of hydrogen-bond donors (Lipinski definition) is 1. The van der Waals surface area contributed by atoms with Gasteiger partial charge in [-0.1, -0.05) is 24.3 Å². The van der Waals surface area contributed by atoms with Crippen molar-refractivity contribution in [3.8, 4) is 11.5 Å². The quantitative estimate of drug-likeness (QED) is 0.742. The van der Waals surface area contributed by atoms with E-state index in [1.54, 1.807) is 24.3 Å². The number of nitrogens with one attached hydrogen (secondary N) is 1. The van der Waals surface area contributed by atoms with Crippen LogP contribution in [0.5, 0.6) is 11.5 Å². The maximum atomic E-state index is 12.5. The summed E-state index contributed by atoms with van der Waals surface area (Å²) < 4.78 is 43.1. The van der Waals surface area contributed by atoms with Gasteiger partial charge in [0.05, 0.1) is 25.5 Å². The number of para-hydroxylation sites is 2. The van der Waals surface area contributed by atoms with Crippen molar-refractivity contribution in [2.24, 2.45) is 0 Å². The van der Waals surface area contributed by atoms with Gasteiger partial charge in [-0.2, -0.15) is 4.31 Å². The van der Waals surface area contributed by atoms with Gasteiger partial charge in [0.15, 0.2) is 11.5 Å². The van der Waals surface area contributed by atoms with E-state index in [0.717, 1.165) is 0 Å². The molecule has 0 bridgehead atoms. The standard InChI is InChI=1S/C21H24N2O6S/c24-21(22-13-18-14-28-19-3-1-2-4-20(19)29-18)17-7-5-16(6-8-17)15-30(25,26)23-9-11-27-12-10-23/h1-8,18H,9-15H2,(H,22,24)/t18-/m1/s1. The van der Waals surface area contributed by atoms with E-state index < -0.39 is 10.0 Å². The molecule has 1 N–H and O–H groups in total. The number of fused-ring (bicyclic) bond motifs is 1. The lowest BCUT2D eigenvalue weighted by Gasteiger charge is -2.26. The molecule has 0 saturated carbocycles. The van der Waals surface area contributed by atoms with E-state index in [9.17, 15) is 13.2 Å². The number of benzene rings is 2. The van der Waals surface area contributed by atoms with Gasteiger partial charge in [-0.15, -0.1) is 0 Å². The number of amides is 1. The highest BCUT2D eigenvalue weighted by Gasteiger charge is 2.25. The molecule has 2 aromatic rings. The topological polar surface area (TPSA) is 94.2 Å². The molecule has 0 aliphatic carbocycles. The third kappa shape index (κ3) is 4.92. The van der Waals surface area contributed by atoms with E-state index >= 15 is 0 Å². The van der Waals surface area contributed by atoms with Crippen molar-refractivity contribution in [2.45, 2.75) is 11.9 Å². The lowest BCUT2D eigenvalue weighted by Crippen LogP contribution is -2.41. The number of morpholine rings is 1. The Balaban J connectivity index is 1.30. The minimum Gasteiger partial charge on any atom is -0.486 e. The summed E-state index contributed by atoms with van der Waals surface area (Å²) in [4.78, 5) is 12.4. The average molecular weight is 432 g/mol. The summed E-state index contributed by atoms with van der Waals surface area (Å²) in [5.41, 5.74) is 1.10. The highest BCUT2D eigenvalue weighted by molar-refractivity contribution is 7.88. The second-order valence-electron chi connectivity index (χ2n) is 7.17. The number of rotatable bonds is 6. The van der Waals surface area contributed by atoms with Gasteiger partial charge in [0.2, 0.25) is 10.0 Å². The fourth-order valence-electron chi connectivity index (χ4n) is 3.35. The Bertz CT molecular complexity index is 987. The van der Waals surface area contributed by atoms with E-state index in [2.05, 4.69) is 5.32 Å². The first-order valence-electron chi connectivity index (χ1n) is 9.82. The van der Waals surface area contributed by atoms with Crippen LogP contribution in [-0.4, -0.2) is 64.2 Å². The molecule has 1 fully saturated rings. The van der Waals surface area contributed by atoms with Crippen LogP contribution in [0.2, 0.25) is 0 Å². The van der Waals surface area contributed by atoms with Gasteiger partial charge in [-0.3, -0.25) is 4.79 Å². The summed E-state index contributed by atoms with van der Waals surface area (Å²) in [6.07, 6.45) is -0.276. The molecule has 2 aromatic carbocycles. The lowest BCUT2D eigenvalue weighted by atomic mass is 10.1. The Morgan fingerprint density at radius 3 is 2.47 bits per heavy atom. The largest absolute Gasteiger partial charge is 0.486 e. The Morgan fingerprint density at radius 2 is 1.73 bits per heavy atom. The fourth-order valence-corrected chi connectivity index (χ4v) is 4.85. The second-order valence-corrected chi connectivity index (χ2v) is 9.14. The summed E-state index contributed by atoms with van der Waals surface area (Å²) in [5.74, 6) is 1.01. The van der Waals surface area contributed by atoms with Gasteiger partial charge in [0.25, 0.3) is 5.91 Å². The molecule has 9 heteroatoms. The summed E-state index contributed by atoms with van der Waals surface area (Å²) >= 11 is 0. The molecule has 0 aromatic heterocycles. The number of nitrogens with zero attached hydrogens (tertiary/aromatic N) is 1. The monoisotopic (exact) mass is 432 g/mol. The van der Waals surface area contributed by atoms with Gasteiger partial charge in [0, 0.05) is 18.7 Å². The van der Waals surface area contributed by atoms with Crippen LogP contribution in [-0.2, 0) is 20.5 Å². The predicted octanol–water partition coefficient (Wildman–Crippen LogP) is 1.42. The van der Waals surface area contributed by atoms with Crippen molar-refractivity contribution in [3.05, 3.63) is 59.7 Å². The molecule has 2 aliphatic rings. The van der Waals surface area contributed by atoms with E-state index in [1.807, 2.05) is 24.3 Å². The van der Waals surface area contributed by atoms with Crippen molar-refractivity contribution in [1.29, 1.82) is 0 Å². The fraction of sp³-hybridized carbons (Fsp3) is 0.381. The highest BCUT2D eigenvalue weighted by Crippen LogP contribution is 2.30. The lowest BCUT2D eigenvalue weighted by molar-refractivity contribution is 0.0729. The van der Waals surface area contributed by atoms with Crippen LogP contribution in [0.1, 0.15) is 15.9 Å². The van der Waals surface area contributed by atoms with E-state index in [-0.39, 0.29) is 17.8 Å². The van der Waals surface area contributed by atoms with Gasteiger partial charge < -0.3 is 19.5 Å². The van der Waals surface area contributed by atoms with Crippen LogP contribution in [0.3, 0.4) is 0 Å². The van der Waals surface area contributed by atoms with Crippen LogP contribution in [0.4, 0.5) is 0 Å². The summed E-state index contributed by atoms with van der Waals surface area (Å²) in [6.45, 7) is 2.25. The molecule has 1 amide bonds. The zero-order valence-electron chi connectivity index (χ0n) is 16.5.